The van der Waals surface area contributed by atoms with E-state index in [1.54, 1.807) is 17.0 Å². The predicted molar refractivity (Wildman–Crippen MR) is 65.8 cm³/mol. The van der Waals surface area contributed by atoms with Crippen LogP contribution in [0.3, 0.4) is 0 Å². The largest absolute Gasteiger partial charge is 0.398 e. The molecule has 94 valence electrons. The number of carbonyl (C=O) groups excluding carboxylic acids is 1. The van der Waals surface area contributed by atoms with Gasteiger partial charge < -0.3 is 16.0 Å². The summed E-state index contributed by atoms with van der Waals surface area (Å²) in [6, 6.07) is 2.43. The zero-order valence-corrected chi connectivity index (χ0v) is 9.85. The SMILES string of the molecule is CCc1nccn1-c1cc(C(N)=O)c(N)cc1F. The van der Waals surface area contributed by atoms with E-state index in [1.807, 2.05) is 6.92 Å². The van der Waals surface area contributed by atoms with Crippen LogP contribution in [-0.2, 0) is 6.42 Å². The van der Waals surface area contributed by atoms with Crippen molar-refractivity contribution >= 4 is 11.6 Å². The Morgan fingerprint density at radius 1 is 1.50 bits per heavy atom. The van der Waals surface area contributed by atoms with E-state index in [2.05, 4.69) is 4.98 Å². The topological polar surface area (TPSA) is 86.9 Å². The maximum Gasteiger partial charge on any atom is 0.250 e. The standard InChI is InChI=1S/C12H13FN4O/c1-2-11-16-3-4-17(11)10-5-7(12(15)18)9(14)6-8(10)13/h3-6H,2,14H2,1H3,(H2,15,18). The smallest absolute Gasteiger partial charge is 0.250 e. The number of aromatic nitrogens is 2. The Labute approximate surface area is 103 Å². The zero-order valence-electron chi connectivity index (χ0n) is 9.85. The molecule has 0 radical (unpaired) electrons. The average Bonchev–Trinajstić information content (AvgIpc) is 2.76. The van der Waals surface area contributed by atoms with Crippen LogP contribution in [0.2, 0.25) is 0 Å². The van der Waals surface area contributed by atoms with E-state index in [0.29, 0.717) is 12.2 Å². The van der Waals surface area contributed by atoms with Crippen molar-refractivity contribution in [2.75, 3.05) is 5.73 Å². The van der Waals surface area contributed by atoms with Gasteiger partial charge >= 0.3 is 0 Å². The van der Waals surface area contributed by atoms with Gasteiger partial charge in [0.05, 0.1) is 11.3 Å². The lowest BCUT2D eigenvalue weighted by Gasteiger charge is -2.10. The van der Waals surface area contributed by atoms with Crippen LogP contribution in [0.25, 0.3) is 5.69 Å². The lowest BCUT2D eigenvalue weighted by Crippen LogP contribution is -2.15. The summed E-state index contributed by atoms with van der Waals surface area (Å²) in [6.07, 6.45) is 3.83. The van der Waals surface area contributed by atoms with E-state index in [4.69, 9.17) is 11.5 Å². The van der Waals surface area contributed by atoms with Crippen LogP contribution >= 0.6 is 0 Å². The number of anilines is 1. The van der Waals surface area contributed by atoms with Gasteiger partial charge in [0.15, 0.2) is 0 Å². The molecular formula is C12H13FN4O. The van der Waals surface area contributed by atoms with Crippen molar-refractivity contribution in [1.29, 1.82) is 0 Å². The van der Waals surface area contributed by atoms with Crippen molar-refractivity contribution in [1.82, 2.24) is 9.55 Å². The number of carbonyl (C=O) groups is 1. The molecule has 18 heavy (non-hydrogen) atoms. The van der Waals surface area contributed by atoms with Crippen molar-refractivity contribution in [2.24, 2.45) is 5.73 Å². The van der Waals surface area contributed by atoms with Crippen LogP contribution in [0.15, 0.2) is 24.5 Å². The molecule has 2 rings (SSSR count). The minimum Gasteiger partial charge on any atom is -0.398 e. The molecule has 0 saturated heterocycles. The fourth-order valence-electron chi connectivity index (χ4n) is 1.79. The highest BCUT2D eigenvalue weighted by Gasteiger charge is 2.14. The molecule has 0 spiro atoms. The number of primary amides is 1. The summed E-state index contributed by atoms with van der Waals surface area (Å²) >= 11 is 0. The minimum atomic E-state index is -0.688. The lowest BCUT2D eigenvalue weighted by atomic mass is 10.1. The summed E-state index contributed by atoms with van der Waals surface area (Å²) in [4.78, 5) is 15.3. The monoisotopic (exact) mass is 248 g/mol. The highest BCUT2D eigenvalue weighted by Crippen LogP contribution is 2.22. The second kappa shape index (κ2) is 4.48. The van der Waals surface area contributed by atoms with Gasteiger partial charge in [-0.3, -0.25) is 4.79 Å². The Bertz CT molecular complexity index is 606. The fraction of sp³-hybridized carbons (Fsp3) is 0.167. The molecule has 0 atom stereocenters. The molecule has 0 aliphatic rings. The molecule has 2 aromatic rings. The number of halogens is 1. The van der Waals surface area contributed by atoms with Crippen molar-refractivity contribution in [2.45, 2.75) is 13.3 Å². The maximum atomic E-state index is 13.9. The first-order valence-electron chi connectivity index (χ1n) is 5.46. The highest BCUT2D eigenvalue weighted by atomic mass is 19.1. The Morgan fingerprint density at radius 2 is 2.22 bits per heavy atom. The van der Waals surface area contributed by atoms with Gasteiger partial charge in [-0.05, 0) is 12.1 Å². The molecule has 1 heterocycles. The van der Waals surface area contributed by atoms with Crippen molar-refractivity contribution in [3.63, 3.8) is 0 Å². The average molecular weight is 248 g/mol. The quantitative estimate of drug-likeness (QED) is 0.801. The van der Waals surface area contributed by atoms with E-state index in [9.17, 15) is 9.18 Å². The number of benzene rings is 1. The first-order chi connectivity index (χ1) is 8.54. The number of hydrogen-bond acceptors (Lipinski definition) is 3. The fourth-order valence-corrected chi connectivity index (χ4v) is 1.79. The Morgan fingerprint density at radius 3 is 2.83 bits per heavy atom. The molecule has 1 aromatic carbocycles. The second-order valence-electron chi connectivity index (χ2n) is 3.82. The Balaban J connectivity index is 2.64. The molecule has 1 aromatic heterocycles. The molecule has 6 heteroatoms. The number of nitrogens with zero attached hydrogens (tertiary/aromatic N) is 2. The van der Waals surface area contributed by atoms with E-state index >= 15 is 0 Å². The third kappa shape index (κ3) is 1.92. The molecule has 0 aliphatic heterocycles. The molecule has 0 fully saturated rings. The van der Waals surface area contributed by atoms with Crippen LogP contribution in [0.4, 0.5) is 10.1 Å². The molecule has 0 bridgehead atoms. The van der Waals surface area contributed by atoms with Gasteiger partial charge in [0.25, 0.3) is 5.91 Å². The van der Waals surface area contributed by atoms with Crippen LogP contribution in [-0.4, -0.2) is 15.5 Å². The molecule has 1 amide bonds. The predicted octanol–water partition coefficient (Wildman–Crippen LogP) is 1.25. The summed E-state index contributed by atoms with van der Waals surface area (Å²) in [6.45, 7) is 1.91. The third-order valence-corrected chi connectivity index (χ3v) is 2.68. The second-order valence-corrected chi connectivity index (χ2v) is 3.82. The highest BCUT2D eigenvalue weighted by molar-refractivity contribution is 5.98. The normalized spacial score (nSPS) is 10.6. The van der Waals surface area contributed by atoms with Gasteiger partial charge in [0.2, 0.25) is 0 Å². The van der Waals surface area contributed by atoms with Crippen LogP contribution < -0.4 is 11.5 Å². The van der Waals surface area contributed by atoms with Gasteiger partial charge in [0.1, 0.15) is 11.6 Å². The van der Waals surface area contributed by atoms with Gasteiger partial charge in [-0.25, -0.2) is 9.37 Å². The Kier molecular flexibility index (Phi) is 3.01. The minimum absolute atomic E-state index is 0.0295. The maximum absolute atomic E-state index is 13.9. The van der Waals surface area contributed by atoms with Crippen LogP contribution in [0.5, 0.6) is 0 Å². The number of nitrogens with two attached hydrogens (primary N) is 2. The number of nitrogen functional groups attached to an aromatic ring is 1. The van der Waals surface area contributed by atoms with E-state index in [-0.39, 0.29) is 16.9 Å². The molecule has 0 saturated carbocycles. The van der Waals surface area contributed by atoms with E-state index in [1.165, 1.54) is 6.07 Å². The van der Waals surface area contributed by atoms with Gasteiger partial charge in [-0.15, -0.1) is 0 Å². The Hall–Kier alpha value is -2.37. The number of hydrogen-bond donors (Lipinski definition) is 2. The summed E-state index contributed by atoms with van der Waals surface area (Å²) in [7, 11) is 0. The van der Waals surface area contributed by atoms with Gasteiger partial charge in [-0.1, -0.05) is 6.92 Å². The van der Waals surface area contributed by atoms with Crippen molar-refractivity contribution in [3.05, 3.63) is 41.7 Å². The molecular weight excluding hydrogens is 235 g/mol. The van der Waals surface area contributed by atoms with Crippen LogP contribution in [0, 0.1) is 5.82 Å². The summed E-state index contributed by atoms with van der Waals surface area (Å²) in [5.74, 6) is -0.522. The number of imidazole rings is 1. The molecule has 5 nitrogen and oxygen atoms in total. The lowest BCUT2D eigenvalue weighted by molar-refractivity contribution is 0.100. The molecule has 0 aliphatic carbocycles. The number of amides is 1. The first-order valence-corrected chi connectivity index (χ1v) is 5.46. The summed E-state index contributed by atoms with van der Waals surface area (Å²) in [5, 5.41) is 0. The zero-order chi connectivity index (χ0) is 13.3. The van der Waals surface area contributed by atoms with E-state index in [0.717, 1.165) is 6.07 Å². The van der Waals surface area contributed by atoms with Gasteiger partial charge in [0, 0.05) is 24.5 Å². The molecule has 0 unspecified atom stereocenters. The summed E-state index contributed by atoms with van der Waals surface area (Å²) in [5.41, 5.74) is 11.1. The van der Waals surface area contributed by atoms with Crippen LogP contribution in [0.1, 0.15) is 23.1 Å². The first kappa shape index (κ1) is 12.1. The molecule has 4 N–H and O–H groups in total. The number of rotatable bonds is 3. The summed E-state index contributed by atoms with van der Waals surface area (Å²) < 4.78 is 15.5. The third-order valence-electron chi connectivity index (χ3n) is 2.68. The van der Waals surface area contributed by atoms with E-state index < -0.39 is 11.7 Å². The van der Waals surface area contributed by atoms with Crippen molar-refractivity contribution in [3.8, 4) is 5.69 Å². The van der Waals surface area contributed by atoms with Gasteiger partial charge in [-0.2, -0.15) is 0 Å². The number of aryl methyl sites for hydroxylation is 1. The van der Waals surface area contributed by atoms with Crippen molar-refractivity contribution < 1.29 is 9.18 Å².